The van der Waals surface area contributed by atoms with E-state index >= 15 is 0 Å². The van der Waals surface area contributed by atoms with Gasteiger partial charge in [0.15, 0.2) is 6.17 Å². The molecule has 0 spiro atoms. The molecule has 0 aromatic heterocycles. The molecule has 16 heavy (non-hydrogen) atoms. The Morgan fingerprint density at radius 3 is 2.56 bits per heavy atom. The minimum absolute atomic E-state index is 0.0735. The van der Waals surface area contributed by atoms with E-state index in [1.165, 1.54) is 24.3 Å². The molecule has 0 aliphatic rings. The maximum absolute atomic E-state index is 13.3. The van der Waals surface area contributed by atoms with Crippen molar-refractivity contribution in [3.8, 4) is 5.75 Å². The molecule has 1 unspecified atom stereocenters. The normalized spacial score (nSPS) is 11.7. The second-order valence-corrected chi connectivity index (χ2v) is 2.76. The summed E-state index contributed by atoms with van der Waals surface area (Å²) in [7, 11) is 0. The summed E-state index contributed by atoms with van der Waals surface area (Å²) in [6.45, 7) is 0. The molecule has 0 saturated heterocycles. The van der Waals surface area contributed by atoms with Gasteiger partial charge in [-0.05, 0) is 6.07 Å². The number of alkyl halides is 1. The zero-order valence-corrected chi connectivity index (χ0v) is 7.86. The van der Waals surface area contributed by atoms with Crippen LogP contribution in [0, 0.1) is 0 Å². The number of para-hydroxylation sites is 1. The van der Waals surface area contributed by atoms with Crippen LogP contribution in [0.25, 0.3) is 0 Å². The van der Waals surface area contributed by atoms with Crippen LogP contribution in [0.5, 0.6) is 5.75 Å². The van der Waals surface area contributed by atoms with E-state index in [4.69, 9.17) is 5.11 Å². The van der Waals surface area contributed by atoms with Crippen LogP contribution in [0.1, 0.15) is 11.7 Å². The van der Waals surface area contributed by atoms with Crippen molar-refractivity contribution >= 4 is 6.16 Å². The van der Waals surface area contributed by atoms with Gasteiger partial charge in [-0.1, -0.05) is 18.2 Å². The summed E-state index contributed by atoms with van der Waals surface area (Å²) in [6.07, 6.45) is -5.85. The fourth-order valence-electron chi connectivity index (χ4n) is 1.10. The molecular weight excluding hydrogens is 225 g/mol. The van der Waals surface area contributed by atoms with Gasteiger partial charge in [0.05, 0.1) is 0 Å². The van der Waals surface area contributed by atoms with Gasteiger partial charge in [-0.25, -0.2) is 9.18 Å². The van der Waals surface area contributed by atoms with Crippen molar-refractivity contribution in [2.75, 3.05) is 0 Å². The summed E-state index contributed by atoms with van der Waals surface area (Å²) >= 11 is 0. The zero-order chi connectivity index (χ0) is 12.1. The van der Waals surface area contributed by atoms with E-state index in [1.54, 1.807) is 0 Å². The van der Waals surface area contributed by atoms with Crippen molar-refractivity contribution in [2.24, 2.45) is 0 Å². The van der Waals surface area contributed by atoms with Gasteiger partial charge in [-0.3, -0.25) is 0 Å². The lowest BCUT2D eigenvalue weighted by molar-refractivity contribution is 0.143. The molecule has 1 N–H and O–H groups in total. The molecule has 0 fully saturated rings. The summed E-state index contributed by atoms with van der Waals surface area (Å²) in [5.41, 5.74) is -0.266. The maximum Gasteiger partial charge on any atom is 0.511 e. The van der Waals surface area contributed by atoms with Gasteiger partial charge >= 0.3 is 6.16 Å². The second-order valence-electron chi connectivity index (χ2n) is 2.76. The van der Waals surface area contributed by atoms with E-state index in [9.17, 15) is 18.0 Å². The number of halogens is 3. The third kappa shape index (κ3) is 3.30. The lowest BCUT2D eigenvalue weighted by atomic mass is 10.1. The van der Waals surface area contributed by atoms with Crippen LogP contribution in [-0.4, -0.2) is 11.3 Å². The molecule has 0 saturated carbocycles. The molecule has 1 atom stereocenters. The molecule has 0 heterocycles. The molecular formula is C10H7F3O3. The predicted molar refractivity (Wildman–Crippen MR) is 49.2 cm³/mol. The van der Waals surface area contributed by atoms with E-state index < -0.39 is 18.4 Å². The molecule has 0 bridgehead atoms. The third-order valence-corrected chi connectivity index (χ3v) is 1.69. The van der Waals surface area contributed by atoms with Crippen molar-refractivity contribution in [1.82, 2.24) is 0 Å². The highest BCUT2D eigenvalue weighted by atomic mass is 19.3. The van der Waals surface area contributed by atoms with E-state index in [-0.39, 0.29) is 17.4 Å². The highest BCUT2D eigenvalue weighted by molar-refractivity contribution is 5.62. The van der Waals surface area contributed by atoms with Crippen molar-refractivity contribution < 1.29 is 27.8 Å². The first-order valence-electron chi connectivity index (χ1n) is 4.17. The number of carbonyl (C=O) groups is 1. The van der Waals surface area contributed by atoms with Crippen molar-refractivity contribution in [1.29, 1.82) is 0 Å². The lowest BCUT2D eigenvalue weighted by Gasteiger charge is -2.08. The molecule has 1 aromatic carbocycles. The molecule has 1 aromatic rings. The minimum atomic E-state index is -2.18. The van der Waals surface area contributed by atoms with Crippen molar-refractivity contribution in [2.45, 2.75) is 6.17 Å². The average molecular weight is 232 g/mol. The maximum atomic E-state index is 13.3. The molecule has 1 rings (SSSR count). The van der Waals surface area contributed by atoms with Gasteiger partial charge in [-0.2, -0.15) is 8.78 Å². The number of hydrogen-bond donors (Lipinski definition) is 1. The minimum Gasteiger partial charge on any atom is -0.449 e. The Bertz CT molecular complexity index is 414. The molecule has 0 amide bonds. The second kappa shape index (κ2) is 5.20. The average Bonchev–Trinajstić information content (AvgIpc) is 2.16. The van der Waals surface area contributed by atoms with Crippen LogP contribution in [-0.2, 0) is 0 Å². The van der Waals surface area contributed by atoms with E-state index in [0.717, 1.165) is 0 Å². The lowest BCUT2D eigenvalue weighted by Crippen LogP contribution is -2.05. The Morgan fingerprint density at radius 1 is 1.38 bits per heavy atom. The Morgan fingerprint density at radius 2 is 2.00 bits per heavy atom. The molecule has 0 aliphatic heterocycles. The number of rotatable bonds is 3. The highest BCUT2D eigenvalue weighted by Crippen LogP contribution is 2.29. The van der Waals surface area contributed by atoms with Gasteiger partial charge in [0.25, 0.3) is 6.08 Å². The zero-order valence-electron chi connectivity index (χ0n) is 7.86. The molecule has 3 nitrogen and oxygen atoms in total. The first-order valence-corrected chi connectivity index (χ1v) is 4.17. The standard InChI is InChI=1S/C10H7F3O3/c11-7(5-9(12)13)6-3-1-2-4-8(6)16-10(14)15/h1-5,7H,(H,14,15). The molecule has 0 aliphatic carbocycles. The first kappa shape index (κ1) is 12.1. The first-order chi connectivity index (χ1) is 7.50. The summed E-state index contributed by atoms with van der Waals surface area (Å²) < 4.78 is 41.2. The monoisotopic (exact) mass is 232 g/mol. The summed E-state index contributed by atoms with van der Waals surface area (Å²) in [5.74, 6) is -0.306. The summed E-state index contributed by atoms with van der Waals surface area (Å²) in [5, 5.41) is 8.35. The van der Waals surface area contributed by atoms with Crippen molar-refractivity contribution in [3.05, 3.63) is 42.0 Å². The van der Waals surface area contributed by atoms with Gasteiger partial charge in [0.1, 0.15) is 5.75 Å². The van der Waals surface area contributed by atoms with Crippen LogP contribution >= 0.6 is 0 Å². The Labute approximate surface area is 88.8 Å². The quantitative estimate of drug-likeness (QED) is 0.640. The number of carboxylic acid groups (broad SMARTS) is 1. The largest absolute Gasteiger partial charge is 0.511 e. The fraction of sp³-hybridized carbons (Fsp3) is 0.100. The highest BCUT2D eigenvalue weighted by Gasteiger charge is 2.15. The number of ether oxygens (including phenoxy) is 1. The van der Waals surface area contributed by atoms with Crippen molar-refractivity contribution in [3.63, 3.8) is 0 Å². The van der Waals surface area contributed by atoms with Crippen LogP contribution in [0.2, 0.25) is 0 Å². The van der Waals surface area contributed by atoms with Crippen LogP contribution in [0.4, 0.5) is 18.0 Å². The van der Waals surface area contributed by atoms with Gasteiger partial charge in [0.2, 0.25) is 0 Å². The van der Waals surface area contributed by atoms with Crippen LogP contribution in [0.15, 0.2) is 36.4 Å². The third-order valence-electron chi connectivity index (χ3n) is 1.69. The van der Waals surface area contributed by atoms with Gasteiger partial charge in [0, 0.05) is 11.6 Å². The molecule has 0 radical (unpaired) electrons. The van der Waals surface area contributed by atoms with E-state index in [0.29, 0.717) is 0 Å². The summed E-state index contributed by atoms with van der Waals surface area (Å²) in [4.78, 5) is 10.3. The Hall–Kier alpha value is -1.98. The fourth-order valence-corrected chi connectivity index (χ4v) is 1.10. The predicted octanol–water partition coefficient (Wildman–Crippen LogP) is 3.53. The van der Waals surface area contributed by atoms with Crippen LogP contribution < -0.4 is 4.74 Å². The molecule has 6 heteroatoms. The molecule has 86 valence electrons. The van der Waals surface area contributed by atoms with Gasteiger partial charge < -0.3 is 9.84 Å². The van der Waals surface area contributed by atoms with Gasteiger partial charge in [-0.15, -0.1) is 0 Å². The van der Waals surface area contributed by atoms with E-state index in [2.05, 4.69) is 4.74 Å². The number of hydrogen-bond acceptors (Lipinski definition) is 2. The topological polar surface area (TPSA) is 46.5 Å². The number of allylic oxidation sites excluding steroid dienone is 1. The number of benzene rings is 1. The Balaban J connectivity index is 3.03. The summed E-state index contributed by atoms with van der Waals surface area (Å²) in [6, 6.07) is 5.15. The van der Waals surface area contributed by atoms with E-state index in [1.807, 2.05) is 0 Å². The Kier molecular flexibility index (Phi) is 3.93. The SMILES string of the molecule is O=C(O)Oc1ccccc1C(F)C=C(F)F. The van der Waals surface area contributed by atoms with Crippen LogP contribution in [0.3, 0.4) is 0 Å². The smallest absolute Gasteiger partial charge is 0.449 e.